The van der Waals surface area contributed by atoms with Crippen molar-refractivity contribution in [2.75, 3.05) is 6.61 Å². The van der Waals surface area contributed by atoms with Gasteiger partial charge in [0.05, 0.1) is 18.3 Å². The number of carbonyl (C=O) groups is 1. The van der Waals surface area contributed by atoms with Gasteiger partial charge in [0.1, 0.15) is 11.7 Å². The Morgan fingerprint density at radius 1 is 1.26 bits per heavy atom. The Bertz CT molecular complexity index is 1130. The fraction of sp³-hybridized carbons (Fsp3) is 0.444. The number of aliphatic hydroxyl groups excluding tert-OH is 1. The van der Waals surface area contributed by atoms with Crippen molar-refractivity contribution in [3.05, 3.63) is 65.0 Å². The first-order valence-corrected chi connectivity index (χ1v) is 11.8. The van der Waals surface area contributed by atoms with Gasteiger partial charge in [0.15, 0.2) is 0 Å². The minimum atomic E-state index is -0.860. The van der Waals surface area contributed by atoms with E-state index in [0.29, 0.717) is 31.6 Å². The summed E-state index contributed by atoms with van der Waals surface area (Å²) in [6.45, 7) is 3.17. The highest BCUT2D eigenvalue weighted by molar-refractivity contribution is 5.84. The van der Waals surface area contributed by atoms with Crippen LogP contribution in [-0.4, -0.2) is 32.3 Å². The zero-order chi connectivity index (χ0) is 24.5. The lowest BCUT2D eigenvalue weighted by Gasteiger charge is -2.19. The van der Waals surface area contributed by atoms with Gasteiger partial charge >= 0.3 is 5.97 Å². The van der Waals surface area contributed by atoms with E-state index in [1.165, 1.54) is 0 Å². The van der Waals surface area contributed by atoms with Crippen LogP contribution in [-0.2, 0) is 29.6 Å². The number of aliphatic carboxylic acids is 1. The highest BCUT2D eigenvalue weighted by Gasteiger charge is 2.25. The summed E-state index contributed by atoms with van der Waals surface area (Å²) in [6, 6.07) is 14.0. The second-order valence-corrected chi connectivity index (χ2v) is 8.75. The van der Waals surface area contributed by atoms with Crippen molar-refractivity contribution in [3.63, 3.8) is 0 Å². The van der Waals surface area contributed by atoms with Crippen LogP contribution >= 0.6 is 0 Å². The van der Waals surface area contributed by atoms with Gasteiger partial charge in [-0.1, -0.05) is 43.7 Å². The number of nitrogens with zero attached hydrogens (tertiary/aromatic N) is 3. The summed E-state index contributed by atoms with van der Waals surface area (Å²) in [5, 5.41) is 30.5. The van der Waals surface area contributed by atoms with E-state index in [9.17, 15) is 20.3 Å². The van der Waals surface area contributed by atoms with Gasteiger partial charge in [0, 0.05) is 42.9 Å². The van der Waals surface area contributed by atoms with Crippen molar-refractivity contribution in [3.8, 4) is 6.07 Å². The van der Waals surface area contributed by atoms with Gasteiger partial charge in [0.25, 0.3) is 0 Å². The zero-order valence-electron chi connectivity index (χ0n) is 19.9. The molecule has 3 rings (SSSR count). The summed E-state index contributed by atoms with van der Waals surface area (Å²) in [4.78, 5) is 15.7. The summed E-state index contributed by atoms with van der Waals surface area (Å²) < 4.78 is 7.78. The Kier molecular flexibility index (Phi) is 9.20. The Labute approximate surface area is 200 Å². The number of aliphatic hydroxyl groups is 1. The number of aromatic nitrogens is 2. The van der Waals surface area contributed by atoms with Crippen LogP contribution in [0.2, 0.25) is 0 Å². The lowest BCUT2D eigenvalue weighted by Crippen LogP contribution is -2.13. The predicted octanol–water partition coefficient (Wildman–Crippen LogP) is 4.91. The number of unbranched alkanes of at least 4 members (excludes halogenated alkanes) is 1. The van der Waals surface area contributed by atoms with Crippen LogP contribution in [0.4, 0.5) is 0 Å². The molecule has 2 atom stereocenters. The minimum absolute atomic E-state index is 0.0219. The molecular formula is C27H33N3O4. The molecule has 0 aliphatic heterocycles. The Hall–Kier alpha value is -3.21. The normalized spacial score (nSPS) is 13.0. The molecule has 1 unspecified atom stereocenters. The highest BCUT2D eigenvalue weighted by atomic mass is 16.5. The lowest BCUT2D eigenvalue weighted by molar-refractivity contribution is -0.138. The predicted molar refractivity (Wildman–Crippen MR) is 130 cm³/mol. The van der Waals surface area contributed by atoms with Crippen LogP contribution in [0.5, 0.6) is 0 Å². The number of benzene rings is 1. The van der Waals surface area contributed by atoms with Crippen molar-refractivity contribution in [1.29, 1.82) is 5.26 Å². The molecule has 0 saturated heterocycles. The number of carboxylic acid groups (broad SMARTS) is 1. The quantitative estimate of drug-likeness (QED) is 0.349. The van der Waals surface area contributed by atoms with Gasteiger partial charge < -0.3 is 19.5 Å². The van der Waals surface area contributed by atoms with E-state index in [1.807, 2.05) is 48.9 Å². The van der Waals surface area contributed by atoms with E-state index in [1.54, 1.807) is 12.3 Å². The summed E-state index contributed by atoms with van der Waals surface area (Å²) in [7, 11) is 1.92. The first-order valence-electron chi connectivity index (χ1n) is 11.8. The SMILES string of the molecule is CC[C@@H](CC(=O)O)CC(O)c1c(CCCCOCc2ccccc2)n(C)c2ncc(C#N)cc12. The smallest absolute Gasteiger partial charge is 0.303 e. The van der Waals surface area contributed by atoms with Crippen molar-refractivity contribution < 1.29 is 19.7 Å². The number of ether oxygens (including phenoxy) is 1. The number of pyridine rings is 1. The van der Waals surface area contributed by atoms with E-state index in [-0.39, 0.29) is 12.3 Å². The van der Waals surface area contributed by atoms with E-state index >= 15 is 0 Å². The molecule has 7 heteroatoms. The average Bonchev–Trinajstić information content (AvgIpc) is 3.11. The first kappa shape index (κ1) is 25.4. The monoisotopic (exact) mass is 463 g/mol. The standard InChI is InChI=1S/C27H33N3O4/c1-3-19(15-25(32)33)14-24(31)26-22-13-21(16-28)17-29-27(22)30(2)23(26)11-7-8-12-34-18-20-9-5-4-6-10-20/h4-6,9-10,13,17,19,24,31H,3,7-8,11-12,14-15,18H2,1-2H3,(H,32,33)/t19-,24?/m1/s1. The second kappa shape index (κ2) is 12.3. The molecule has 3 aromatic rings. The van der Waals surface area contributed by atoms with E-state index < -0.39 is 12.1 Å². The van der Waals surface area contributed by atoms with Crippen molar-refractivity contribution in [1.82, 2.24) is 9.55 Å². The maximum atomic E-state index is 11.2. The van der Waals surface area contributed by atoms with Crippen molar-refractivity contribution >= 4 is 17.0 Å². The molecule has 0 fully saturated rings. The topological polar surface area (TPSA) is 108 Å². The van der Waals surface area contributed by atoms with Gasteiger partial charge in [-0.05, 0) is 43.2 Å². The molecule has 2 heterocycles. The number of nitriles is 1. The summed E-state index contributed by atoms with van der Waals surface area (Å²) in [6.07, 6.45) is 4.23. The van der Waals surface area contributed by atoms with Crippen LogP contribution in [0.3, 0.4) is 0 Å². The molecule has 1 aromatic carbocycles. The number of hydrogen-bond donors (Lipinski definition) is 2. The first-order chi connectivity index (χ1) is 16.4. The molecule has 180 valence electrons. The van der Waals surface area contributed by atoms with Crippen molar-refractivity contribution in [2.45, 2.75) is 58.2 Å². The van der Waals surface area contributed by atoms with E-state index in [4.69, 9.17) is 4.74 Å². The van der Waals surface area contributed by atoms with Crippen LogP contribution < -0.4 is 0 Å². The molecule has 2 aromatic heterocycles. The van der Waals surface area contributed by atoms with Gasteiger partial charge in [-0.25, -0.2) is 4.98 Å². The molecule has 7 nitrogen and oxygen atoms in total. The largest absolute Gasteiger partial charge is 0.481 e. The maximum Gasteiger partial charge on any atom is 0.303 e. The Balaban J connectivity index is 1.74. The third-order valence-corrected chi connectivity index (χ3v) is 6.31. The molecule has 0 bridgehead atoms. The molecular weight excluding hydrogens is 430 g/mol. The van der Waals surface area contributed by atoms with Gasteiger partial charge in [0.2, 0.25) is 0 Å². The fourth-order valence-corrected chi connectivity index (χ4v) is 4.46. The fourth-order valence-electron chi connectivity index (χ4n) is 4.46. The highest BCUT2D eigenvalue weighted by Crippen LogP contribution is 2.35. The van der Waals surface area contributed by atoms with Gasteiger partial charge in [-0.2, -0.15) is 5.26 Å². The molecule has 0 aliphatic rings. The molecule has 0 amide bonds. The van der Waals surface area contributed by atoms with E-state index in [2.05, 4.69) is 11.1 Å². The third-order valence-electron chi connectivity index (χ3n) is 6.31. The van der Waals surface area contributed by atoms with E-state index in [0.717, 1.165) is 47.1 Å². The van der Waals surface area contributed by atoms with Crippen molar-refractivity contribution in [2.24, 2.45) is 13.0 Å². The summed E-state index contributed by atoms with van der Waals surface area (Å²) in [5.41, 5.74) is 4.03. The zero-order valence-corrected chi connectivity index (χ0v) is 19.9. The van der Waals surface area contributed by atoms with Crippen LogP contribution in [0, 0.1) is 17.2 Å². The molecule has 0 aliphatic carbocycles. The van der Waals surface area contributed by atoms with Crippen LogP contribution in [0.1, 0.15) is 67.5 Å². The van der Waals surface area contributed by atoms with Crippen LogP contribution in [0.25, 0.3) is 11.0 Å². The number of carboxylic acids is 1. The molecule has 34 heavy (non-hydrogen) atoms. The van der Waals surface area contributed by atoms with Crippen LogP contribution in [0.15, 0.2) is 42.6 Å². The summed E-state index contributed by atoms with van der Waals surface area (Å²) in [5.74, 6) is -0.991. The maximum absolute atomic E-state index is 11.2. The lowest BCUT2D eigenvalue weighted by atomic mass is 9.90. The molecule has 0 radical (unpaired) electrons. The Morgan fingerprint density at radius 2 is 2.03 bits per heavy atom. The van der Waals surface area contributed by atoms with Gasteiger partial charge in [-0.3, -0.25) is 4.79 Å². The minimum Gasteiger partial charge on any atom is -0.481 e. The second-order valence-electron chi connectivity index (χ2n) is 8.75. The summed E-state index contributed by atoms with van der Waals surface area (Å²) >= 11 is 0. The number of fused-ring (bicyclic) bond motifs is 1. The molecule has 2 N–H and O–H groups in total. The molecule has 0 spiro atoms. The van der Waals surface area contributed by atoms with Gasteiger partial charge in [-0.15, -0.1) is 0 Å². The Morgan fingerprint density at radius 3 is 2.71 bits per heavy atom. The number of aryl methyl sites for hydroxylation is 1. The number of rotatable bonds is 13. The number of hydrogen-bond acceptors (Lipinski definition) is 5. The molecule has 0 saturated carbocycles. The average molecular weight is 464 g/mol. The third kappa shape index (κ3) is 6.43.